The maximum atomic E-state index is 13.7. The number of likely N-dealkylation sites (N-methyl/N-ethyl adjacent to an activating group) is 1. The average Bonchev–Trinajstić information content (AvgIpc) is 2.85. The van der Waals surface area contributed by atoms with Gasteiger partial charge in [0, 0.05) is 23.8 Å². The van der Waals surface area contributed by atoms with Crippen LogP contribution in [0.25, 0.3) is 0 Å². The molecule has 0 atom stereocenters. The Bertz CT molecular complexity index is 999. The number of nitrogens with zero attached hydrogens (tertiary/aromatic N) is 2. The van der Waals surface area contributed by atoms with Crippen LogP contribution in [0, 0.1) is 17.1 Å². The molecule has 1 amide bonds. The fourth-order valence-corrected chi connectivity index (χ4v) is 3.38. The number of nitrogens with one attached hydrogen (secondary N) is 1. The second kappa shape index (κ2) is 7.08. The summed E-state index contributed by atoms with van der Waals surface area (Å²) in [6.45, 7) is 4.20. The van der Waals surface area contributed by atoms with Crippen LogP contribution in [0.5, 0.6) is 0 Å². The fraction of sp³-hybridized carbons (Fsp3) is 0.182. The van der Waals surface area contributed by atoms with E-state index in [1.807, 2.05) is 31.3 Å². The minimum atomic E-state index is -0.643. The summed E-state index contributed by atoms with van der Waals surface area (Å²) in [5.74, 6) is -1.19. The van der Waals surface area contributed by atoms with Crippen LogP contribution in [0.4, 0.5) is 15.8 Å². The van der Waals surface area contributed by atoms with Crippen molar-refractivity contribution in [1.82, 2.24) is 0 Å². The SMILES string of the molecule is CN1C(=CC=C(C#N)C(=O)Nc2ccccc2F)C(C)(C)c2ccccc21. The third-order valence-electron chi connectivity index (χ3n) is 4.84. The molecule has 3 rings (SSSR count). The molecule has 0 radical (unpaired) electrons. The summed E-state index contributed by atoms with van der Waals surface area (Å²) in [6.07, 6.45) is 3.26. The van der Waals surface area contributed by atoms with Gasteiger partial charge in [0.1, 0.15) is 17.5 Å². The Morgan fingerprint density at radius 3 is 2.52 bits per heavy atom. The van der Waals surface area contributed by atoms with E-state index < -0.39 is 11.7 Å². The van der Waals surface area contributed by atoms with E-state index in [0.717, 1.165) is 11.4 Å². The predicted molar refractivity (Wildman–Crippen MR) is 105 cm³/mol. The monoisotopic (exact) mass is 361 g/mol. The van der Waals surface area contributed by atoms with E-state index >= 15 is 0 Å². The van der Waals surface area contributed by atoms with Gasteiger partial charge in [-0.15, -0.1) is 0 Å². The number of amides is 1. The van der Waals surface area contributed by atoms with Gasteiger partial charge >= 0.3 is 0 Å². The molecule has 1 N–H and O–H groups in total. The maximum Gasteiger partial charge on any atom is 0.266 e. The van der Waals surface area contributed by atoms with Crippen molar-refractivity contribution in [1.29, 1.82) is 5.26 Å². The molecule has 0 aromatic heterocycles. The van der Waals surface area contributed by atoms with Crippen LogP contribution in [0.1, 0.15) is 19.4 Å². The first-order valence-electron chi connectivity index (χ1n) is 8.58. The first-order chi connectivity index (χ1) is 12.9. The largest absolute Gasteiger partial charge is 0.347 e. The second-order valence-corrected chi connectivity index (χ2v) is 6.88. The van der Waals surface area contributed by atoms with E-state index in [1.165, 1.54) is 29.8 Å². The van der Waals surface area contributed by atoms with Gasteiger partial charge < -0.3 is 10.2 Å². The zero-order chi connectivity index (χ0) is 19.6. The second-order valence-electron chi connectivity index (χ2n) is 6.88. The molecule has 5 heteroatoms. The molecule has 0 bridgehead atoms. The first kappa shape index (κ1) is 18.4. The van der Waals surface area contributed by atoms with Crippen molar-refractivity contribution in [3.8, 4) is 6.07 Å². The summed E-state index contributed by atoms with van der Waals surface area (Å²) in [5.41, 5.74) is 2.94. The Morgan fingerprint density at radius 1 is 1.19 bits per heavy atom. The smallest absolute Gasteiger partial charge is 0.266 e. The number of rotatable bonds is 3. The van der Waals surface area contributed by atoms with Gasteiger partial charge in [0.2, 0.25) is 0 Å². The van der Waals surface area contributed by atoms with Gasteiger partial charge in [-0.3, -0.25) is 4.79 Å². The highest BCUT2D eigenvalue weighted by atomic mass is 19.1. The van der Waals surface area contributed by atoms with E-state index in [1.54, 1.807) is 12.1 Å². The number of para-hydroxylation sites is 2. The Kier molecular flexibility index (Phi) is 4.83. The normalized spacial score (nSPS) is 16.8. The van der Waals surface area contributed by atoms with E-state index in [2.05, 4.69) is 30.1 Å². The molecule has 0 unspecified atom stereocenters. The summed E-state index contributed by atoms with van der Waals surface area (Å²) in [7, 11) is 1.96. The van der Waals surface area contributed by atoms with Crippen LogP contribution >= 0.6 is 0 Å². The Hall–Kier alpha value is -3.39. The number of carbonyl (C=O) groups is 1. The van der Waals surface area contributed by atoms with E-state index in [9.17, 15) is 14.4 Å². The van der Waals surface area contributed by atoms with Crippen molar-refractivity contribution in [2.24, 2.45) is 0 Å². The lowest BCUT2D eigenvalue weighted by Gasteiger charge is -2.23. The number of halogens is 1. The Labute approximate surface area is 158 Å². The molecule has 0 spiro atoms. The molecule has 1 aliphatic rings. The lowest BCUT2D eigenvalue weighted by molar-refractivity contribution is -0.112. The predicted octanol–water partition coefficient (Wildman–Crippen LogP) is 4.53. The van der Waals surface area contributed by atoms with Crippen molar-refractivity contribution in [2.45, 2.75) is 19.3 Å². The molecular formula is C22H20FN3O. The average molecular weight is 361 g/mol. The Morgan fingerprint density at radius 2 is 1.85 bits per heavy atom. The van der Waals surface area contributed by atoms with Crippen LogP contribution in [-0.2, 0) is 10.2 Å². The number of carbonyl (C=O) groups excluding carboxylic acids is 1. The molecule has 0 fully saturated rings. The third-order valence-corrected chi connectivity index (χ3v) is 4.84. The molecule has 136 valence electrons. The highest BCUT2D eigenvalue weighted by Gasteiger charge is 2.37. The van der Waals surface area contributed by atoms with Crippen LogP contribution in [0.15, 0.2) is 72.0 Å². The quantitative estimate of drug-likeness (QED) is 0.646. The van der Waals surface area contributed by atoms with Crippen molar-refractivity contribution in [3.63, 3.8) is 0 Å². The highest BCUT2D eigenvalue weighted by Crippen LogP contribution is 2.46. The van der Waals surface area contributed by atoms with E-state index in [4.69, 9.17) is 0 Å². The third kappa shape index (κ3) is 3.34. The number of allylic oxidation sites excluding steroid dienone is 3. The lowest BCUT2D eigenvalue weighted by Crippen LogP contribution is -2.22. The van der Waals surface area contributed by atoms with Crippen LogP contribution in [0.3, 0.4) is 0 Å². The summed E-state index contributed by atoms with van der Waals surface area (Å²) in [5, 5.41) is 11.8. The zero-order valence-corrected chi connectivity index (χ0v) is 15.5. The highest BCUT2D eigenvalue weighted by molar-refractivity contribution is 6.06. The van der Waals surface area contributed by atoms with Gasteiger partial charge in [-0.2, -0.15) is 5.26 Å². The molecule has 0 aliphatic carbocycles. The number of anilines is 2. The molecule has 0 saturated heterocycles. The molecule has 2 aromatic rings. The van der Waals surface area contributed by atoms with Gasteiger partial charge in [-0.25, -0.2) is 4.39 Å². The summed E-state index contributed by atoms with van der Waals surface area (Å²) in [4.78, 5) is 14.4. The minimum Gasteiger partial charge on any atom is -0.347 e. The standard InChI is InChI=1S/C22H20FN3O/c1-22(2)16-8-4-7-11-19(16)26(3)20(22)13-12-15(14-24)21(27)25-18-10-6-5-9-17(18)23/h4-13H,1-3H3,(H,25,27). The van der Waals surface area contributed by atoms with Crippen molar-refractivity contribution < 1.29 is 9.18 Å². The van der Waals surface area contributed by atoms with Gasteiger partial charge in [0.15, 0.2) is 0 Å². The number of hydrogen-bond acceptors (Lipinski definition) is 3. The Balaban J connectivity index is 1.90. The van der Waals surface area contributed by atoms with Gasteiger partial charge in [0.05, 0.1) is 5.69 Å². The molecular weight excluding hydrogens is 341 g/mol. The lowest BCUT2D eigenvalue weighted by atomic mass is 9.83. The van der Waals surface area contributed by atoms with Crippen LogP contribution in [-0.4, -0.2) is 13.0 Å². The van der Waals surface area contributed by atoms with Crippen molar-refractivity contribution >= 4 is 17.3 Å². The summed E-state index contributed by atoms with van der Waals surface area (Å²) >= 11 is 0. The van der Waals surface area contributed by atoms with E-state index in [0.29, 0.717) is 0 Å². The number of hydrogen-bond donors (Lipinski definition) is 1. The van der Waals surface area contributed by atoms with Crippen LogP contribution < -0.4 is 10.2 Å². The van der Waals surface area contributed by atoms with Gasteiger partial charge in [0.25, 0.3) is 5.91 Å². The molecule has 1 aliphatic heterocycles. The molecule has 0 saturated carbocycles. The number of fused-ring (bicyclic) bond motifs is 1. The minimum absolute atomic E-state index is 0.0435. The van der Waals surface area contributed by atoms with Crippen LogP contribution in [0.2, 0.25) is 0 Å². The van der Waals surface area contributed by atoms with Crippen molar-refractivity contribution in [2.75, 3.05) is 17.3 Å². The molecule has 27 heavy (non-hydrogen) atoms. The molecule has 1 heterocycles. The topological polar surface area (TPSA) is 56.1 Å². The van der Waals surface area contributed by atoms with Gasteiger partial charge in [-0.1, -0.05) is 44.2 Å². The van der Waals surface area contributed by atoms with E-state index in [-0.39, 0.29) is 16.7 Å². The maximum absolute atomic E-state index is 13.7. The fourth-order valence-electron chi connectivity index (χ4n) is 3.38. The van der Waals surface area contributed by atoms with Gasteiger partial charge in [-0.05, 0) is 35.9 Å². The number of benzene rings is 2. The first-order valence-corrected chi connectivity index (χ1v) is 8.58. The zero-order valence-electron chi connectivity index (χ0n) is 15.5. The number of nitriles is 1. The van der Waals surface area contributed by atoms with Crippen molar-refractivity contribution in [3.05, 3.63) is 83.3 Å². The summed E-state index contributed by atoms with van der Waals surface area (Å²) in [6, 6.07) is 15.8. The molecule has 4 nitrogen and oxygen atoms in total. The summed E-state index contributed by atoms with van der Waals surface area (Å²) < 4.78 is 13.7. The molecule has 2 aromatic carbocycles.